The van der Waals surface area contributed by atoms with E-state index in [9.17, 15) is 28.9 Å². The lowest BCUT2D eigenvalue weighted by Gasteiger charge is -2.20. The van der Waals surface area contributed by atoms with Crippen molar-refractivity contribution < 1.29 is 43.5 Å². The van der Waals surface area contributed by atoms with Crippen LogP contribution in [-0.4, -0.2) is 64.0 Å². The SMILES string of the molecule is CC(C)OC(=O)CCC/C=C\C[C@H]1[C@H](/C=C/[C@H](O)COc2cccc(C(F)(F)CCCCO)c2)[C@@H](O)C[C@H]1O. The fourth-order valence-electron chi connectivity index (χ4n) is 4.67. The van der Waals surface area contributed by atoms with Gasteiger partial charge in [0.1, 0.15) is 18.5 Å². The molecule has 0 aromatic heterocycles. The largest absolute Gasteiger partial charge is 0.491 e. The molecule has 1 aliphatic carbocycles. The van der Waals surface area contributed by atoms with Gasteiger partial charge in [-0.1, -0.05) is 36.4 Å². The van der Waals surface area contributed by atoms with E-state index in [0.717, 1.165) is 0 Å². The number of aliphatic hydroxyl groups excluding tert-OH is 4. The molecular formula is C30H44F2O7. The fraction of sp³-hybridized carbons (Fsp3) is 0.633. The number of benzene rings is 1. The van der Waals surface area contributed by atoms with Gasteiger partial charge in [-0.2, -0.15) is 0 Å². The van der Waals surface area contributed by atoms with Gasteiger partial charge in [0.2, 0.25) is 0 Å². The Morgan fingerprint density at radius 3 is 2.64 bits per heavy atom. The zero-order valence-corrected chi connectivity index (χ0v) is 22.9. The molecule has 1 aliphatic rings. The van der Waals surface area contributed by atoms with Gasteiger partial charge in [0, 0.05) is 37.4 Å². The molecule has 0 saturated heterocycles. The van der Waals surface area contributed by atoms with Crippen LogP contribution in [0, 0.1) is 11.8 Å². The van der Waals surface area contributed by atoms with Gasteiger partial charge >= 0.3 is 5.97 Å². The lowest BCUT2D eigenvalue weighted by Crippen LogP contribution is -2.21. The van der Waals surface area contributed by atoms with Crippen molar-refractivity contribution in [3.63, 3.8) is 0 Å². The Morgan fingerprint density at radius 1 is 1.15 bits per heavy atom. The predicted molar refractivity (Wildman–Crippen MR) is 144 cm³/mol. The number of hydrogen-bond acceptors (Lipinski definition) is 7. The molecule has 0 amide bonds. The quantitative estimate of drug-likeness (QED) is 0.126. The Bertz CT molecular complexity index is 918. The van der Waals surface area contributed by atoms with Crippen molar-refractivity contribution in [3.05, 3.63) is 54.1 Å². The summed E-state index contributed by atoms with van der Waals surface area (Å²) >= 11 is 0. The molecule has 0 unspecified atom stereocenters. The number of halogens is 2. The van der Waals surface area contributed by atoms with Crippen LogP contribution in [0.2, 0.25) is 0 Å². The molecule has 1 fully saturated rings. The molecule has 7 nitrogen and oxygen atoms in total. The highest BCUT2D eigenvalue weighted by Crippen LogP contribution is 2.37. The van der Waals surface area contributed by atoms with E-state index in [1.54, 1.807) is 6.08 Å². The Hall–Kier alpha value is -2.33. The highest BCUT2D eigenvalue weighted by molar-refractivity contribution is 5.69. The smallest absolute Gasteiger partial charge is 0.306 e. The van der Waals surface area contributed by atoms with Crippen molar-refractivity contribution in [2.45, 2.75) is 95.6 Å². The summed E-state index contributed by atoms with van der Waals surface area (Å²) in [4.78, 5) is 11.6. The molecule has 1 saturated carbocycles. The topological polar surface area (TPSA) is 116 Å². The Labute approximate surface area is 230 Å². The number of carbonyl (C=O) groups excluding carboxylic acids is 1. The van der Waals surface area contributed by atoms with Crippen LogP contribution >= 0.6 is 0 Å². The first-order valence-corrected chi connectivity index (χ1v) is 13.8. The van der Waals surface area contributed by atoms with Gasteiger partial charge in [0.15, 0.2) is 0 Å². The van der Waals surface area contributed by atoms with E-state index in [1.807, 2.05) is 26.0 Å². The highest BCUT2D eigenvalue weighted by atomic mass is 19.3. The van der Waals surface area contributed by atoms with Gasteiger partial charge < -0.3 is 29.9 Å². The van der Waals surface area contributed by atoms with Crippen LogP contribution in [0.5, 0.6) is 5.75 Å². The van der Waals surface area contributed by atoms with Crippen molar-refractivity contribution in [1.82, 2.24) is 0 Å². The average molecular weight is 555 g/mol. The summed E-state index contributed by atoms with van der Waals surface area (Å²) in [5.41, 5.74) is -0.183. The molecule has 9 heteroatoms. The summed E-state index contributed by atoms with van der Waals surface area (Å²) in [5, 5.41) is 40.0. The second-order valence-corrected chi connectivity index (χ2v) is 10.4. The predicted octanol–water partition coefficient (Wildman–Crippen LogP) is 4.66. The molecule has 220 valence electrons. The van der Waals surface area contributed by atoms with E-state index in [2.05, 4.69) is 0 Å². The van der Waals surface area contributed by atoms with Crippen molar-refractivity contribution >= 4 is 5.97 Å². The number of ether oxygens (including phenoxy) is 2. The molecule has 1 aromatic rings. The van der Waals surface area contributed by atoms with Crippen LogP contribution in [-0.2, 0) is 15.5 Å². The number of rotatable bonds is 17. The maximum absolute atomic E-state index is 14.4. The third-order valence-electron chi connectivity index (χ3n) is 6.74. The lowest BCUT2D eigenvalue weighted by molar-refractivity contribution is -0.147. The van der Waals surface area contributed by atoms with Crippen molar-refractivity contribution in [2.24, 2.45) is 11.8 Å². The summed E-state index contributed by atoms with van der Waals surface area (Å²) in [6, 6.07) is 5.58. The molecular weight excluding hydrogens is 510 g/mol. The second-order valence-electron chi connectivity index (χ2n) is 10.4. The second kappa shape index (κ2) is 16.7. The monoisotopic (exact) mass is 554 g/mol. The van der Waals surface area contributed by atoms with Crippen LogP contribution in [0.15, 0.2) is 48.6 Å². The number of carbonyl (C=O) groups is 1. The maximum atomic E-state index is 14.4. The van der Waals surface area contributed by atoms with Gasteiger partial charge in [-0.05, 0) is 64.0 Å². The van der Waals surface area contributed by atoms with E-state index >= 15 is 0 Å². The molecule has 0 heterocycles. The van der Waals surface area contributed by atoms with Gasteiger partial charge in [-0.25, -0.2) is 8.78 Å². The summed E-state index contributed by atoms with van der Waals surface area (Å²) in [7, 11) is 0. The molecule has 2 rings (SSSR count). The third-order valence-corrected chi connectivity index (χ3v) is 6.74. The minimum absolute atomic E-state index is 0.128. The molecule has 0 radical (unpaired) electrons. The van der Waals surface area contributed by atoms with Crippen molar-refractivity contribution in [1.29, 1.82) is 0 Å². The first kappa shape index (κ1) is 32.9. The first-order chi connectivity index (χ1) is 18.5. The van der Waals surface area contributed by atoms with Gasteiger partial charge in [-0.3, -0.25) is 4.79 Å². The highest BCUT2D eigenvalue weighted by Gasteiger charge is 2.39. The normalized spacial score (nSPS) is 22.7. The summed E-state index contributed by atoms with van der Waals surface area (Å²) in [6.45, 7) is 3.33. The number of hydrogen-bond donors (Lipinski definition) is 4. The number of alkyl halides is 2. The van der Waals surface area contributed by atoms with Crippen LogP contribution in [0.1, 0.15) is 70.8 Å². The molecule has 1 aromatic carbocycles. The molecule has 0 spiro atoms. The third kappa shape index (κ3) is 11.7. The van der Waals surface area contributed by atoms with Crippen LogP contribution in [0.3, 0.4) is 0 Å². The van der Waals surface area contributed by atoms with E-state index in [0.29, 0.717) is 32.1 Å². The van der Waals surface area contributed by atoms with Gasteiger partial charge in [0.25, 0.3) is 5.92 Å². The Kier molecular flexibility index (Phi) is 14.1. The molecule has 0 aliphatic heterocycles. The van der Waals surface area contributed by atoms with Crippen LogP contribution in [0.4, 0.5) is 8.78 Å². The molecule has 39 heavy (non-hydrogen) atoms. The van der Waals surface area contributed by atoms with Gasteiger partial charge in [-0.15, -0.1) is 0 Å². The minimum Gasteiger partial charge on any atom is -0.491 e. The summed E-state index contributed by atoms with van der Waals surface area (Å²) < 4.78 is 39.5. The van der Waals surface area contributed by atoms with Gasteiger partial charge in [0.05, 0.1) is 18.3 Å². The summed E-state index contributed by atoms with van der Waals surface area (Å²) in [5.74, 6) is -3.65. The molecule has 4 N–H and O–H groups in total. The standard InChI is InChI=1S/C30H44F2O7/c1-21(2)39-29(37)13-6-4-3-5-12-25-26(28(36)19-27(25)35)15-14-23(34)20-38-24-11-9-10-22(18-24)30(31,32)16-7-8-17-33/h3,5,9-11,14-15,18,21,23,25-28,33-36H,4,6-8,12-13,16-17,19-20H2,1-2H3/b5-3-,15-14+/t23-,25-,26-,27+,28-/m0/s1. The van der Waals surface area contributed by atoms with E-state index < -0.39 is 24.2 Å². The van der Waals surface area contributed by atoms with Crippen LogP contribution in [0.25, 0.3) is 0 Å². The number of allylic oxidation sites excluding steroid dienone is 2. The van der Waals surface area contributed by atoms with E-state index in [1.165, 1.54) is 30.3 Å². The molecule has 0 bridgehead atoms. The number of unbranched alkanes of at least 4 members (excludes halogenated alkanes) is 2. The number of aliphatic hydroxyl groups is 4. The lowest BCUT2D eigenvalue weighted by atomic mass is 9.89. The van der Waals surface area contributed by atoms with Crippen molar-refractivity contribution in [3.8, 4) is 5.75 Å². The first-order valence-electron chi connectivity index (χ1n) is 13.8. The van der Waals surface area contributed by atoms with Crippen molar-refractivity contribution in [2.75, 3.05) is 13.2 Å². The fourth-order valence-corrected chi connectivity index (χ4v) is 4.67. The minimum atomic E-state index is -3.05. The Morgan fingerprint density at radius 2 is 1.92 bits per heavy atom. The Balaban J connectivity index is 1.84. The zero-order chi connectivity index (χ0) is 28.8. The average Bonchev–Trinajstić information content (AvgIpc) is 3.15. The van der Waals surface area contributed by atoms with E-state index in [4.69, 9.17) is 14.6 Å². The van der Waals surface area contributed by atoms with E-state index in [-0.39, 0.29) is 67.7 Å². The maximum Gasteiger partial charge on any atom is 0.306 e. The van der Waals surface area contributed by atoms with Crippen LogP contribution < -0.4 is 4.74 Å². The molecule has 5 atom stereocenters. The number of esters is 1. The summed E-state index contributed by atoms with van der Waals surface area (Å²) in [6.07, 6.45) is 7.08. The zero-order valence-electron chi connectivity index (χ0n) is 22.9.